The van der Waals surface area contributed by atoms with Crippen molar-refractivity contribution in [2.75, 3.05) is 26.7 Å². The van der Waals surface area contributed by atoms with Crippen molar-refractivity contribution in [2.24, 2.45) is 7.05 Å². The van der Waals surface area contributed by atoms with Crippen molar-refractivity contribution in [1.29, 1.82) is 0 Å². The number of carbonyl (C=O) groups is 2. The lowest BCUT2D eigenvalue weighted by atomic mass is 10.2. The number of hydrogen-bond donors (Lipinski definition) is 1. The van der Waals surface area contributed by atoms with E-state index in [0.717, 1.165) is 13.0 Å². The summed E-state index contributed by atoms with van der Waals surface area (Å²) < 4.78 is 1.80. The molecule has 1 aromatic heterocycles. The van der Waals surface area contributed by atoms with Crippen LogP contribution in [0.1, 0.15) is 23.8 Å². The van der Waals surface area contributed by atoms with E-state index in [1.165, 1.54) is 0 Å². The molecule has 0 spiro atoms. The lowest BCUT2D eigenvalue weighted by Crippen LogP contribution is -2.39. The van der Waals surface area contributed by atoms with Crippen molar-refractivity contribution in [1.82, 2.24) is 14.8 Å². The topological polar surface area (TPSA) is 54.3 Å². The Kier molecular flexibility index (Phi) is 5.58. The zero-order valence-electron chi connectivity index (χ0n) is 11.3. The second-order valence-electron chi connectivity index (χ2n) is 4.31. The molecular weight excluding hydrogens is 230 g/mol. The van der Waals surface area contributed by atoms with Gasteiger partial charge < -0.3 is 9.88 Å². The van der Waals surface area contributed by atoms with E-state index in [9.17, 15) is 9.59 Å². The molecule has 1 aromatic rings. The van der Waals surface area contributed by atoms with Crippen LogP contribution in [0.2, 0.25) is 0 Å². The Morgan fingerprint density at radius 1 is 1.39 bits per heavy atom. The van der Waals surface area contributed by atoms with E-state index in [0.29, 0.717) is 5.69 Å². The molecule has 0 aromatic carbocycles. The number of amides is 1. The Labute approximate surface area is 108 Å². The Bertz CT molecular complexity index is 412. The number of nitrogens with one attached hydrogen (secondary N) is 1. The Hall–Kier alpha value is -1.62. The van der Waals surface area contributed by atoms with Crippen molar-refractivity contribution >= 4 is 11.7 Å². The van der Waals surface area contributed by atoms with Gasteiger partial charge in [0.15, 0.2) is 5.78 Å². The van der Waals surface area contributed by atoms with Crippen molar-refractivity contribution < 1.29 is 9.59 Å². The lowest BCUT2D eigenvalue weighted by molar-refractivity contribution is -0.121. The molecule has 0 aliphatic rings. The highest BCUT2D eigenvalue weighted by molar-refractivity contribution is 5.96. The van der Waals surface area contributed by atoms with E-state index >= 15 is 0 Å². The van der Waals surface area contributed by atoms with E-state index in [2.05, 4.69) is 5.32 Å². The third-order valence-electron chi connectivity index (χ3n) is 2.78. The Balaban J connectivity index is 2.63. The molecule has 5 nitrogen and oxygen atoms in total. The first-order chi connectivity index (χ1) is 8.58. The van der Waals surface area contributed by atoms with Crippen LogP contribution < -0.4 is 5.32 Å². The summed E-state index contributed by atoms with van der Waals surface area (Å²) in [6.45, 7) is 3.31. The third-order valence-corrected chi connectivity index (χ3v) is 2.78. The van der Waals surface area contributed by atoms with Crippen LogP contribution in [-0.4, -0.2) is 47.8 Å². The molecule has 0 unspecified atom stereocenters. The molecule has 0 aliphatic heterocycles. The fourth-order valence-corrected chi connectivity index (χ4v) is 1.85. The number of aryl methyl sites for hydroxylation is 1. The number of hydrogen-bond acceptors (Lipinski definition) is 3. The fourth-order valence-electron chi connectivity index (χ4n) is 1.85. The van der Waals surface area contributed by atoms with Gasteiger partial charge in [-0.3, -0.25) is 14.5 Å². The minimum atomic E-state index is -0.0665. The number of rotatable bonds is 7. The van der Waals surface area contributed by atoms with Gasteiger partial charge in [0.2, 0.25) is 5.91 Å². The largest absolute Gasteiger partial charge is 0.358 e. The van der Waals surface area contributed by atoms with Crippen molar-refractivity contribution in [3.63, 3.8) is 0 Å². The van der Waals surface area contributed by atoms with Crippen LogP contribution in [0.3, 0.4) is 0 Å². The molecule has 0 aliphatic carbocycles. The Morgan fingerprint density at radius 2 is 2.11 bits per heavy atom. The van der Waals surface area contributed by atoms with Gasteiger partial charge in [-0.05, 0) is 25.1 Å². The van der Waals surface area contributed by atoms with Crippen molar-refractivity contribution in [3.05, 3.63) is 24.0 Å². The molecule has 0 bridgehead atoms. The zero-order valence-corrected chi connectivity index (χ0v) is 11.3. The molecule has 0 saturated carbocycles. The summed E-state index contributed by atoms with van der Waals surface area (Å²) in [6, 6.07) is 3.64. The molecule has 0 atom stereocenters. The first kappa shape index (κ1) is 14.4. The van der Waals surface area contributed by atoms with Crippen LogP contribution >= 0.6 is 0 Å². The summed E-state index contributed by atoms with van der Waals surface area (Å²) in [7, 11) is 3.45. The lowest BCUT2D eigenvalue weighted by Gasteiger charge is -2.19. The predicted octanol–water partition coefficient (Wildman–Crippen LogP) is 0.666. The zero-order chi connectivity index (χ0) is 13.5. The predicted molar refractivity (Wildman–Crippen MR) is 70.5 cm³/mol. The maximum Gasteiger partial charge on any atom is 0.233 e. The average Bonchev–Trinajstić information content (AvgIpc) is 2.75. The third kappa shape index (κ3) is 4.00. The molecule has 18 heavy (non-hydrogen) atoms. The van der Waals surface area contributed by atoms with Crippen LogP contribution in [0.5, 0.6) is 0 Å². The molecule has 5 heteroatoms. The number of likely N-dealkylation sites (N-methyl/N-ethyl adjacent to an activating group) is 1. The molecule has 1 heterocycles. The van der Waals surface area contributed by atoms with E-state index in [-0.39, 0.29) is 24.8 Å². The summed E-state index contributed by atoms with van der Waals surface area (Å²) in [4.78, 5) is 25.3. The average molecular weight is 251 g/mol. The fraction of sp³-hybridized carbons (Fsp3) is 0.538. The van der Waals surface area contributed by atoms with E-state index in [4.69, 9.17) is 0 Å². The Morgan fingerprint density at radius 3 is 2.61 bits per heavy atom. The standard InChI is InChI=1S/C13H21N3O2/c1-4-7-16(10-13(18)14-2)9-12(17)11-6-5-8-15(11)3/h5-6,8H,4,7,9-10H2,1-3H3,(H,14,18). The van der Waals surface area contributed by atoms with Crippen LogP contribution in [-0.2, 0) is 11.8 Å². The van der Waals surface area contributed by atoms with Gasteiger partial charge in [-0.15, -0.1) is 0 Å². The highest BCUT2D eigenvalue weighted by Gasteiger charge is 2.16. The van der Waals surface area contributed by atoms with Gasteiger partial charge in [-0.25, -0.2) is 0 Å². The monoisotopic (exact) mass is 251 g/mol. The highest BCUT2D eigenvalue weighted by Crippen LogP contribution is 2.03. The highest BCUT2D eigenvalue weighted by atomic mass is 16.2. The van der Waals surface area contributed by atoms with E-state index in [1.807, 2.05) is 31.1 Å². The van der Waals surface area contributed by atoms with Crippen LogP contribution in [0.25, 0.3) is 0 Å². The normalized spacial score (nSPS) is 10.7. The maximum atomic E-state index is 12.1. The second kappa shape index (κ2) is 6.96. The van der Waals surface area contributed by atoms with Gasteiger partial charge in [-0.1, -0.05) is 6.92 Å². The van der Waals surface area contributed by atoms with E-state index < -0.39 is 0 Å². The maximum absolute atomic E-state index is 12.1. The molecule has 0 fully saturated rings. The van der Waals surface area contributed by atoms with Gasteiger partial charge in [0, 0.05) is 20.3 Å². The summed E-state index contributed by atoms with van der Waals surface area (Å²) >= 11 is 0. The van der Waals surface area contributed by atoms with Crippen molar-refractivity contribution in [2.45, 2.75) is 13.3 Å². The van der Waals surface area contributed by atoms with E-state index in [1.54, 1.807) is 17.7 Å². The first-order valence-corrected chi connectivity index (χ1v) is 6.16. The molecular formula is C13H21N3O2. The quantitative estimate of drug-likeness (QED) is 0.725. The van der Waals surface area contributed by atoms with Crippen molar-refractivity contribution in [3.8, 4) is 0 Å². The van der Waals surface area contributed by atoms with Crippen LogP contribution in [0, 0.1) is 0 Å². The number of nitrogens with zero attached hydrogens (tertiary/aromatic N) is 2. The van der Waals surface area contributed by atoms with Gasteiger partial charge >= 0.3 is 0 Å². The van der Waals surface area contributed by atoms with Crippen LogP contribution in [0.15, 0.2) is 18.3 Å². The van der Waals surface area contributed by atoms with Gasteiger partial charge in [0.25, 0.3) is 0 Å². The second-order valence-corrected chi connectivity index (χ2v) is 4.31. The number of ketones is 1. The number of Topliss-reactive ketones (excluding diaryl/α,β-unsaturated/α-hetero) is 1. The molecule has 0 radical (unpaired) electrons. The molecule has 0 saturated heterocycles. The van der Waals surface area contributed by atoms with Gasteiger partial charge in [0.1, 0.15) is 0 Å². The summed E-state index contributed by atoms with van der Waals surface area (Å²) in [5.74, 6) is -0.0250. The van der Waals surface area contributed by atoms with Gasteiger partial charge in [0.05, 0.1) is 18.8 Å². The SMILES string of the molecule is CCCN(CC(=O)NC)CC(=O)c1cccn1C. The first-order valence-electron chi connectivity index (χ1n) is 6.16. The summed E-state index contributed by atoms with van der Waals surface area (Å²) in [6.07, 6.45) is 2.76. The molecule has 1 N–H and O–H groups in total. The molecule has 1 rings (SSSR count). The number of aromatic nitrogens is 1. The number of carbonyl (C=O) groups excluding carboxylic acids is 2. The summed E-state index contributed by atoms with van der Waals surface area (Å²) in [5.41, 5.74) is 0.674. The molecule has 100 valence electrons. The molecule has 1 amide bonds. The van der Waals surface area contributed by atoms with Crippen LogP contribution in [0.4, 0.5) is 0 Å². The minimum Gasteiger partial charge on any atom is -0.358 e. The summed E-state index contributed by atoms with van der Waals surface area (Å²) in [5, 5.41) is 2.58. The smallest absolute Gasteiger partial charge is 0.233 e. The van der Waals surface area contributed by atoms with Gasteiger partial charge in [-0.2, -0.15) is 0 Å². The minimum absolute atomic E-state index is 0.0415.